The Balaban J connectivity index is 3.18. The van der Waals surface area contributed by atoms with Crippen molar-refractivity contribution in [3.8, 4) is 5.88 Å². The van der Waals surface area contributed by atoms with E-state index < -0.39 is 0 Å². The summed E-state index contributed by atoms with van der Waals surface area (Å²) >= 11 is 0. The summed E-state index contributed by atoms with van der Waals surface area (Å²) in [5.41, 5.74) is 2.13. The molecule has 0 aliphatic carbocycles. The Morgan fingerprint density at radius 1 is 1.33 bits per heavy atom. The van der Waals surface area contributed by atoms with Gasteiger partial charge in [-0.25, -0.2) is 4.98 Å². The van der Waals surface area contributed by atoms with Gasteiger partial charge in [-0.3, -0.25) is 0 Å². The quantitative estimate of drug-likeness (QED) is 0.701. The van der Waals surface area contributed by atoms with Crippen molar-refractivity contribution in [3.05, 3.63) is 42.8 Å². The van der Waals surface area contributed by atoms with E-state index in [2.05, 4.69) is 38.9 Å². The lowest BCUT2D eigenvalue weighted by atomic mass is 9.87. The molecule has 0 bridgehead atoms. The van der Waals surface area contributed by atoms with Gasteiger partial charge in [0.15, 0.2) is 0 Å². The molecule has 0 aromatic carbocycles. The summed E-state index contributed by atoms with van der Waals surface area (Å²) in [6, 6.07) is 2.04. The van der Waals surface area contributed by atoms with Gasteiger partial charge in [0.1, 0.15) is 0 Å². The van der Waals surface area contributed by atoms with Crippen molar-refractivity contribution < 1.29 is 4.74 Å². The highest BCUT2D eigenvalue weighted by atomic mass is 16.5. The molecule has 1 rings (SSSR count). The number of ether oxygens (including phenoxy) is 1. The van der Waals surface area contributed by atoms with Crippen molar-refractivity contribution in [2.75, 3.05) is 0 Å². The van der Waals surface area contributed by atoms with Crippen LogP contribution in [0.3, 0.4) is 0 Å². The Morgan fingerprint density at radius 3 is 2.47 bits per heavy atom. The van der Waals surface area contributed by atoms with E-state index in [4.69, 9.17) is 4.74 Å². The molecule has 1 aromatic rings. The maximum Gasteiger partial charge on any atom is 0.225 e. The van der Waals surface area contributed by atoms with Gasteiger partial charge in [0.2, 0.25) is 5.88 Å². The second kappa shape index (κ2) is 4.30. The predicted molar refractivity (Wildman–Crippen MR) is 63.9 cm³/mol. The van der Waals surface area contributed by atoms with Gasteiger partial charge in [-0.15, -0.1) is 0 Å². The van der Waals surface area contributed by atoms with Crippen LogP contribution in [-0.4, -0.2) is 4.98 Å². The molecule has 0 spiro atoms. The molecule has 80 valence electrons. The van der Waals surface area contributed by atoms with Crippen LogP contribution in [0.4, 0.5) is 0 Å². The van der Waals surface area contributed by atoms with Crippen molar-refractivity contribution in [1.82, 2.24) is 4.98 Å². The van der Waals surface area contributed by atoms with Crippen LogP contribution in [0, 0.1) is 0 Å². The summed E-state index contributed by atoms with van der Waals surface area (Å²) in [5.74, 6) is 0.549. The van der Waals surface area contributed by atoms with Gasteiger partial charge in [0.05, 0.1) is 6.26 Å². The van der Waals surface area contributed by atoms with Crippen LogP contribution in [-0.2, 0) is 5.41 Å². The molecule has 2 nitrogen and oxygen atoms in total. The van der Waals surface area contributed by atoms with Gasteiger partial charge in [0, 0.05) is 11.8 Å². The summed E-state index contributed by atoms with van der Waals surface area (Å²) in [6.45, 7) is 13.7. The maximum atomic E-state index is 5.18. The lowest BCUT2D eigenvalue weighted by molar-refractivity contribution is 0.460. The van der Waals surface area contributed by atoms with E-state index in [1.54, 1.807) is 6.08 Å². The molecule has 2 heteroatoms. The van der Waals surface area contributed by atoms with Crippen molar-refractivity contribution >= 4 is 6.08 Å². The zero-order valence-electron chi connectivity index (χ0n) is 9.58. The third kappa shape index (κ3) is 2.69. The van der Waals surface area contributed by atoms with E-state index >= 15 is 0 Å². The van der Waals surface area contributed by atoms with Crippen LogP contribution in [0.5, 0.6) is 5.88 Å². The molecule has 0 saturated carbocycles. The van der Waals surface area contributed by atoms with Crippen LogP contribution in [0.25, 0.3) is 6.08 Å². The van der Waals surface area contributed by atoms with Gasteiger partial charge in [-0.05, 0) is 17.0 Å². The van der Waals surface area contributed by atoms with Gasteiger partial charge >= 0.3 is 0 Å². The molecule has 1 aromatic heterocycles. The first-order valence-electron chi connectivity index (χ1n) is 4.89. The van der Waals surface area contributed by atoms with E-state index in [1.807, 2.05) is 12.3 Å². The second-order valence-electron chi connectivity index (χ2n) is 4.36. The SMILES string of the molecule is C=COc1ncc(C(C)(C)C)cc1C=C. The average molecular weight is 203 g/mol. The summed E-state index contributed by atoms with van der Waals surface area (Å²) in [4.78, 5) is 4.24. The van der Waals surface area contributed by atoms with Gasteiger partial charge in [-0.1, -0.05) is 40.0 Å². The summed E-state index contributed by atoms with van der Waals surface area (Å²) in [5, 5.41) is 0. The molecule has 1 heterocycles. The van der Waals surface area contributed by atoms with E-state index in [-0.39, 0.29) is 5.41 Å². The van der Waals surface area contributed by atoms with Gasteiger partial charge < -0.3 is 4.74 Å². The molecule has 0 radical (unpaired) electrons. The second-order valence-corrected chi connectivity index (χ2v) is 4.36. The first-order chi connectivity index (χ1) is 6.99. The number of pyridine rings is 1. The molecule has 0 unspecified atom stereocenters. The van der Waals surface area contributed by atoms with E-state index in [0.29, 0.717) is 5.88 Å². The first-order valence-corrected chi connectivity index (χ1v) is 4.89. The Morgan fingerprint density at radius 2 is 2.00 bits per heavy atom. The van der Waals surface area contributed by atoms with Crippen molar-refractivity contribution in [1.29, 1.82) is 0 Å². The van der Waals surface area contributed by atoms with Crippen molar-refractivity contribution in [2.24, 2.45) is 0 Å². The summed E-state index contributed by atoms with van der Waals surface area (Å²) < 4.78 is 5.18. The molecular weight excluding hydrogens is 186 g/mol. The lowest BCUT2D eigenvalue weighted by Gasteiger charge is -2.19. The zero-order valence-corrected chi connectivity index (χ0v) is 9.58. The summed E-state index contributed by atoms with van der Waals surface area (Å²) in [7, 11) is 0. The Kier molecular flexibility index (Phi) is 3.30. The monoisotopic (exact) mass is 203 g/mol. The third-order valence-corrected chi connectivity index (χ3v) is 2.16. The van der Waals surface area contributed by atoms with E-state index in [9.17, 15) is 0 Å². The highest BCUT2D eigenvalue weighted by Gasteiger charge is 2.15. The van der Waals surface area contributed by atoms with Crippen LogP contribution < -0.4 is 4.74 Å². The van der Waals surface area contributed by atoms with Crippen molar-refractivity contribution in [2.45, 2.75) is 26.2 Å². The molecule has 0 aliphatic rings. The normalized spacial score (nSPS) is 10.9. The van der Waals surface area contributed by atoms with Crippen LogP contribution in [0.15, 0.2) is 31.7 Å². The molecule has 0 amide bonds. The highest BCUT2D eigenvalue weighted by molar-refractivity contribution is 5.54. The lowest BCUT2D eigenvalue weighted by Crippen LogP contribution is -2.12. The molecule has 0 N–H and O–H groups in total. The predicted octanol–water partition coefficient (Wildman–Crippen LogP) is 3.54. The van der Waals surface area contributed by atoms with Gasteiger partial charge in [0.25, 0.3) is 0 Å². The van der Waals surface area contributed by atoms with Crippen LogP contribution >= 0.6 is 0 Å². The average Bonchev–Trinajstić information content (AvgIpc) is 2.17. The molecule has 0 saturated heterocycles. The van der Waals surface area contributed by atoms with Crippen molar-refractivity contribution in [3.63, 3.8) is 0 Å². The fourth-order valence-corrected chi connectivity index (χ4v) is 1.20. The number of nitrogens with zero attached hydrogens (tertiary/aromatic N) is 1. The highest BCUT2D eigenvalue weighted by Crippen LogP contribution is 2.26. The first kappa shape index (κ1) is 11.5. The number of rotatable bonds is 3. The zero-order chi connectivity index (χ0) is 11.5. The molecule has 0 fully saturated rings. The van der Waals surface area contributed by atoms with Crippen LogP contribution in [0.2, 0.25) is 0 Å². The van der Waals surface area contributed by atoms with E-state index in [1.165, 1.54) is 6.26 Å². The largest absolute Gasteiger partial charge is 0.447 e. The standard InChI is InChI=1S/C13H17NO/c1-6-10-8-11(13(3,4)5)9-14-12(10)15-7-2/h6-9H,1-2H2,3-5H3. The Labute approximate surface area is 91.3 Å². The molecular formula is C13H17NO. The topological polar surface area (TPSA) is 22.1 Å². The summed E-state index contributed by atoms with van der Waals surface area (Å²) in [6.07, 6.45) is 4.93. The van der Waals surface area contributed by atoms with Crippen LogP contribution in [0.1, 0.15) is 31.9 Å². The third-order valence-electron chi connectivity index (χ3n) is 2.16. The maximum absolute atomic E-state index is 5.18. The number of aromatic nitrogens is 1. The number of hydrogen-bond acceptors (Lipinski definition) is 2. The fraction of sp³-hybridized carbons (Fsp3) is 0.308. The van der Waals surface area contributed by atoms with Gasteiger partial charge in [-0.2, -0.15) is 0 Å². The minimum Gasteiger partial charge on any atom is -0.447 e. The minimum atomic E-state index is 0.0808. The Bertz CT molecular complexity index is 375. The molecule has 15 heavy (non-hydrogen) atoms. The molecule has 0 aliphatic heterocycles. The van der Waals surface area contributed by atoms with E-state index in [0.717, 1.165) is 11.1 Å². The number of hydrogen-bond donors (Lipinski definition) is 0. The molecule has 0 atom stereocenters. The minimum absolute atomic E-state index is 0.0808. The Hall–Kier alpha value is -1.57. The smallest absolute Gasteiger partial charge is 0.225 e. The fourth-order valence-electron chi connectivity index (χ4n) is 1.20.